The van der Waals surface area contributed by atoms with Gasteiger partial charge in [0.2, 0.25) is 6.67 Å². The van der Waals surface area contributed by atoms with Gasteiger partial charge in [-0.25, -0.2) is 5.01 Å². The topological polar surface area (TPSA) is 53.8 Å². The Labute approximate surface area is 142 Å². The summed E-state index contributed by atoms with van der Waals surface area (Å²) in [6, 6.07) is 4.48. The molecule has 0 unspecified atom stereocenters. The molecule has 6 nitrogen and oxygen atoms in total. The Kier molecular flexibility index (Phi) is 4.36. The summed E-state index contributed by atoms with van der Waals surface area (Å²) in [5.74, 6) is 0.0401. The van der Waals surface area contributed by atoms with E-state index in [1.54, 1.807) is 17.2 Å². The number of nitrogens with zero attached hydrogens (tertiary/aromatic N) is 4. The van der Waals surface area contributed by atoms with Gasteiger partial charge in [-0.15, -0.1) is 0 Å². The Hall–Kier alpha value is -2.65. The van der Waals surface area contributed by atoms with E-state index in [-0.39, 0.29) is 11.4 Å². The molecule has 0 saturated heterocycles. The number of halogens is 3. The van der Waals surface area contributed by atoms with Crippen molar-refractivity contribution in [2.24, 2.45) is 4.99 Å². The van der Waals surface area contributed by atoms with Gasteiger partial charge in [-0.3, -0.25) is 9.80 Å². The second kappa shape index (κ2) is 6.34. The lowest BCUT2D eigenvalue weighted by atomic mass is 10.2. The van der Waals surface area contributed by atoms with Gasteiger partial charge in [0.1, 0.15) is 0 Å². The Bertz CT molecular complexity index is 782. The number of benzene rings is 1. The highest BCUT2D eigenvalue weighted by Crippen LogP contribution is 2.30. The van der Waals surface area contributed by atoms with E-state index in [1.807, 2.05) is 30.3 Å². The SMILES string of the molecule is CN(C)N1C=CC2=NC(C(=O)Nc3cccc(C(F)(F)F)c3)=C[N+]2C1. The number of rotatable bonds is 3. The number of anilines is 1. The molecular formula is C16H16F3N5O+. The molecule has 2 aliphatic rings. The summed E-state index contributed by atoms with van der Waals surface area (Å²) in [5, 5.41) is 6.23. The standard InChI is InChI=1S/C16H16F3N5O/c1-22(2)24-7-6-14-21-13(9-23(14)10-24)15(25)20-12-5-3-4-11(8-12)16(17,18)19/h3-9H,10H2,1-2H3,(H,20,25)/q+1. The second-order valence-corrected chi connectivity index (χ2v) is 5.73. The first-order valence-electron chi connectivity index (χ1n) is 7.42. The molecule has 3 rings (SSSR count). The summed E-state index contributed by atoms with van der Waals surface area (Å²) >= 11 is 0. The maximum absolute atomic E-state index is 12.7. The van der Waals surface area contributed by atoms with Crippen molar-refractivity contribution in [3.05, 3.63) is 54.0 Å². The Morgan fingerprint density at radius 1 is 1.36 bits per heavy atom. The minimum atomic E-state index is -4.46. The Morgan fingerprint density at radius 2 is 2.12 bits per heavy atom. The van der Waals surface area contributed by atoms with Gasteiger partial charge in [0.25, 0.3) is 11.7 Å². The van der Waals surface area contributed by atoms with Crippen LogP contribution in [0.5, 0.6) is 0 Å². The van der Waals surface area contributed by atoms with E-state index in [9.17, 15) is 18.0 Å². The van der Waals surface area contributed by atoms with Crippen molar-refractivity contribution < 1.29 is 18.0 Å². The molecule has 0 bridgehead atoms. The Morgan fingerprint density at radius 3 is 2.80 bits per heavy atom. The molecule has 1 aromatic rings. The average Bonchev–Trinajstić information content (AvgIpc) is 2.97. The van der Waals surface area contributed by atoms with Crippen molar-refractivity contribution >= 4 is 17.4 Å². The molecule has 1 N–H and O–H groups in total. The van der Waals surface area contributed by atoms with Gasteiger partial charge in [0, 0.05) is 32.1 Å². The van der Waals surface area contributed by atoms with Gasteiger partial charge in [-0.2, -0.15) is 18.2 Å². The molecule has 2 aliphatic heterocycles. The second-order valence-electron chi connectivity index (χ2n) is 5.73. The molecule has 1 amide bonds. The number of fused-ring (bicyclic) bond motifs is 1. The third kappa shape index (κ3) is 3.72. The van der Waals surface area contributed by atoms with E-state index in [4.69, 9.17) is 0 Å². The van der Waals surface area contributed by atoms with E-state index in [0.717, 1.165) is 12.1 Å². The minimum absolute atomic E-state index is 0.0660. The monoisotopic (exact) mass is 351 g/mol. The van der Waals surface area contributed by atoms with Crippen molar-refractivity contribution in [1.29, 1.82) is 0 Å². The van der Waals surface area contributed by atoms with E-state index < -0.39 is 17.6 Å². The van der Waals surface area contributed by atoms with Crippen molar-refractivity contribution in [1.82, 2.24) is 14.9 Å². The number of hydrogen-bond donors (Lipinski definition) is 1. The fourth-order valence-corrected chi connectivity index (χ4v) is 2.37. The lowest BCUT2D eigenvalue weighted by Crippen LogP contribution is -2.47. The van der Waals surface area contributed by atoms with E-state index in [2.05, 4.69) is 10.3 Å². The molecule has 0 aliphatic carbocycles. The van der Waals surface area contributed by atoms with Crippen LogP contribution in [0.4, 0.5) is 18.9 Å². The lowest BCUT2D eigenvalue weighted by Gasteiger charge is -2.27. The van der Waals surface area contributed by atoms with Crippen LogP contribution in [-0.2, 0) is 11.0 Å². The van der Waals surface area contributed by atoms with E-state index in [0.29, 0.717) is 12.5 Å². The third-order valence-corrected chi connectivity index (χ3v) is 3.69. The molecule has 9 heteroatoms. The third-order valence-electron chi connectivity index (χ3n) is 3.69. The summed E-state index contributed by atoms with van der Waals surface area (Å²) in [4.78, 5) is 18.3. The smallest absolute Gasteiger partial charge is 0.320 e. The summed E-state index contributed by atoms with van der Waals surface area (Å²) in [7, 11) is 3.76. The van der Waals surface area contributed by atoms with Gasteiger partial charge >= 0.3 is 6.18 Å². The van der Waals surface area contributed by atoms with E-state index in [1.165, 1.54) is 12.1 Å². The zero-order valence-electron chi connectivity index (χ0n) is 13.6. The van der Waals surface area contributed by atoms with Gasteiger partial charge in [0.05, 0.1) is 5.56 Å². The summed E-state index contributed by atoms with van der Waals surface area (Å²) < 4.78 is 38.2. The van der Waals surface area contributed by atoms with Crippen LogP contribution in [0.1, 0.15) is 5.56 Å². The zero-order chi connectivity index (χ0) is 18.2. The van der Waals surface area contributed by atoms with Crippen LogP contribution in [0.25, 0.3) is 0 Å². The number of hydrazine groups is 1. The van der Waals surface area contributed by atoms with Gasteiger partial charge in [-0.1, -0.05) is 11.0 Å². The predicted molar refractivity (Wildman–Crippen MR) is 87.3 cm³/mol. The number of aliphatic imine (C=N–C) groups is 1. The van der Waals surface area contributed by atoms with Crippen molar-refractivity contribution in [3.63, 3.8) is 0 Å². The lowest BCUT2D eigenvalue weighted by molar-refractivity contribution is -0.137. The average molecular weight is 351 g/mol. The first-order valence-corrected chi connectivity index (χ1v) is 7.42. The summed E-state index contributed by atoms with van der Waals surface area (Å²) in [6.07, 6.45) is 0.689. The highest BCUT2D eigenvalue weighted by atomic mass is 19.4. The summed E-state index contributed by atoms with van der Waals surface area (Å²) in [5.41, 5.74) is -0.618. The number of amidine groups is 1. The first kappa shape index (κ1) is 17.2. The summed E-state index contributed by atoms with van der Waals surface area (Å²) in [6.45, 7) is 0.489. The molecule has 0 fully saturated rings. The normalized spacial score (nSPS) is 17.4. The van der Waals surface area contributed by atoms with Crippen LogP contribution < -0.4 is 10.2 Å². The molecule has 25 heavy (non-hydrogen) atoms. The molecule has 0 aromatic heterocycles. The number of hydrogen-bond acceptors (Lipinski definition) is 5. The Balaban J connectivity index is 1.73. The fraction of sp³-hybridized carbons (Fsp3) is 0.250. The minimum Gasteiger partial charge on any atom is -0.320 e. The molecule has 0 atom stereocenters. The first-order chi connectivity index (χ1) is 11.7. The number of carbonyl (C=O) groups is 1. The van der Waals surface area contributed by atoms with Crippen LogP contribution >= 0.6 is 0 Å². The van der Waals surface area contributed by atoms with Crippen LogP contribution in [0.2, 0.25) is 0 Å². The molecule has 0 saturated carbocycles. The van der Waals surface area contributed by atoms with Gasteiger partial charge in [0.15, 0.2) is 11.9 Å². The number of amides is 1. The van der Waals surface area contributed by atoms with Crippen molar-refractivity contribution in [2.45, 2.75) is 6.18 Å². The fourth-order valence-electron chi connectivity index (χ4n) is 2.37. The van der Waals surface area contributed by atoms with Crippen LogP contribution in [0.15, 0.2) is 53.4 Å². The number of alkyl halides is 3. The maximum atomic E-state index is 12.7. The van der Waals surface area contributed by atoms with E-state index >= 15 is 0 Å². The maximum Gasteiger partial charge on any atom is 0.416 e. The van der Waals surface area contributed by atoms with Gasteiger partial charge < -0.3 is 5.32 Å². The van der Waals surface area contributed by atoms with Crippen molar-refractivity contribution in [2.75, 3.05) is 26.1 Å². The molecular weight excluding hydrogens is 335 g/mol. The van der Waals surface area contributed by atoms with Crippen LogP contribution in [0.3, 0.4) is 0 Å². The number of carbonyl (C=O) groups excluding carboxylic acids is 1. The molecule has 2 heterocycles. The largest absolute Gasteiger partial charge is 0.416 e. The molecule has 1 aromatic carbocycles. The van der Waals surface area contributed by atoms with Crippen LogP contribution in [0, 0.1) is 0 Å². The van der Waals surface area contributed by atoms with Crippen molar-refractivity contribution in [3.8, 4) is 0 Å². The molecule has 0 spiro atoms. The highest BCUT2D eigenvalue weighted by Gasteiger charge is 2.35. The molecule has 1 radical (unpaired) electrons. The molecule has 131 valence electrons. The predicted octanol–water partition coefficient (Wildman–Crippen LogP) is 2.30. The van der Waals surface area contributed by atoms with Crippen LogP contribution in [-0.4, -0.2) is 42.5 Å². The zero-order valence-corrected chi connectivity index (χ0v) is 13.6. The van der Waals surface area contributed by atoms with Gasteiger partial charge in [-0.05, 0) is 18.2 Å². The quantitative estimate of drug-likeness (QED) is 0.851. The number of nitrogens with one attached hydrogen (secondary N) is 1. The highest BCUT2D eigenvalue weighted by molar-refractivity contribution is 6.10.